The Labute approximate surface area is 233 Å². The van der Waals surface area contributed by atoms with Gasteiger partial charge in [-0.15, -0.1) is 0 Å². The molecule has 0 spiro atoms. The second-order valence-corrected chi connectivity index (χ2v) is 9.70. The highest BCUT2D eigenvalue weighted by molar-refractivity contribution is 6.01. The standard InChI is InChI=1S/C32H22FN7O/c33-22-8-6-20(7-9-22)26-16-35-17-29-24(26)12-28(38-29)32-25-13-27(36-18-30(25)39-40-32)21-11-23(15-34-14-21)37-31(41)10-19-4-2-1-3-5-19/h1-9,11-18,38H,10H2,(H,37,41)(H,39,40). The van der Waals surface area contributed by atoms with Crippen LogP contribution in [0, 0.1) is 5.82 Å². The Hall–Kier alpha value is -5.70. The highest BCUT2D eigenvalue weighted by Gasteiger charge is 2.16. The van der Waals surface area contributed by atoms with Gasteiger partial charge < -0.3 is 10.3 Å². The number of carbonyl (C=O) groups excluding carboxylic acids is 1. The third kappa shape index (κ3) is 4.80. The van der Waals surface area contributed by atoms with E-state index in [0.717, 1.165) is 55.4 Å². The van der Waals surface area contributed by atoms with Crippen molar-refractivity contribution in [2.45, 2.75) is 6.42 Å². The molecular weight excluding hydrogens is 517 g/mol. The van der Waals surface area contributed by atoms with Gasteiger partial charge in [0, 0.05) is 34.3 Å². The Morgan fingerprint density at radius 1 is 0.805 bits per heavy atom. The molecule has 2 aromatic carbocycles. The number of pyridine rings is 3. The summed E-state index contributed by atoms with van der Waals surface area (Å²) in [4.78, 5) is 29.3. The van der Waals surface area contributed by atoms with Crippen molar-refractivity contribution in [2.75, 3.05) is 5.32 Å². The Morgan fingerprint density at radius 2 is 1.63 bits per heavy atom. The Morgan fingerprint density at radius 3 is 2.49 bits per heavy atom. The summed E-state index contributed by atoms with van der Waals surface area (Å²) in [6, 6.07) is 21.8. The number of nitrogens with zero attached hydrogens (tertiary/aromatic N) is 4. The van der Waals surface area contributed by atoms with Crippen LogP contribution >= 0.6 is 0 Å². The first-order valence-electron chi connectivity index (χ1n) is 13.0. The van der Waals surface area contributed by atoms with Gasteiger partial charge in [-0.3, -0.25) is 24.8 Å². The van der Waals surface area contributed by atoms with Crippen LogP contribution < -0.4 is 5.32 Å². The average molecular weight is 540 g/mol. The van der Waals surface area contributed by atoms with Crippen LogP contribution in [0.25, 0.3) is 55.6 Å². The molecule has 0 radical (unpaired) electrons. The molecular formula is C32H22FN7O. The smallest absolute Gasteiger partial charge is 0.228 e. The first-order chi connectivity index (χ1) is 20.1. The molecule has 5 aromatic heterocycles. The Bertz CT molecular complexity index is 2030. The van der Waals surface area contributed by atoms with Gasteiger partial charge in [0.15, 0.2) is 0 Å². The number of nitrogens with one attached hydrogen (secondary N) is 3. The van der Waals surface area contributed by atoms with E-state index < -0.39 is 0 Å². The highest BCUT2D eigenvalue weighted by Crippen LogP contribution is 2.34. The number of aromatic amines is 2. The van der Waals surface area contributed by atoms with Crippen LogP contribution in [0.1, 0.15) is 5.56 Å². The van der Waals surface area contributed by atoms with E-state index in [2.05, 4.69) is 35.5 Å². The number of hydrogen-bond donors (Lipinski definition) is 3. The number of carbonyl (C=O) groups is 1. The largest absolute Gasteiger partial charge is 0.352 e. The summed E-state index contributed by atoms with van der Waals surface area (Å²) in [5.74, 6) is -0.407. The van der Waals surface area contributed by atoms with Crippen molar-refractivity contribution >= 4 is 33.4 Å². The fourth-order valence-electron chi connectivity index (χ4n) is 4.95. The van der Waals surface area contributed by atoms with E-state index in [-0.39, 0.29) is 18.1 Å². The molecule has 0 aliphatic carbocycles. The van der Waals surface area contributed by atoms with E-state index in [4.69, 9.17) is 0 Å². The molecule has 0 saturated heterocycles. The van der Waals surface area contributed by atoms with Crippen LogP contribution in [-0.4, -0.2) is 36.0 Å². The Balaban J connectivity index is 1.21. The van der Waals surface area contributed by atoms with Crippen molar-refractivity contribution in [2.24, 2.45) is 0 Å². The van der Waals surface area contributed by atoms with Crippen molar-refractivity contribution in [3.05, 3.63) is 115 Å². The summed E-state index contributed by atoms with van der Waals surface area (Å²) in [7, 11) is 0. The summed E-state index contributed by atoms with van der Waals surface area (Å²) in [5.41, 5.74) is 7.90. The number of hydrogen-bond acceptors (Lipinski definition) is 5. The molecule has 41 heavy (non-hydrogen) atoms. The molecule has 0 atom stereocenters. The predicted octanol–water partition coefficient (Wildman–Crippen LogP) is 6.55. The number of anilines is 1. The highest BCUT2D eigenvalue weighted by atomic mass is 19.1. The van der Waals surface area contributed by atoms with Gasteiger partial charge in [-0.1, -0.05) is 42.5 Å². The van der Waals surface area contributed by atoms with Crippen LogP contribution in [0.3, 0.4) is 0 Å². The van der Waals surface area contributed by atoms with Crippen LogP contribution in [0.5, 0.6) is 0 Å². The van der Waals surface area contributed by atoms with Crippen molar-refractivity contribution in [3.8, 4) is 33.8 Å². The van der Waals surface area contributed by atoms with Crippen molar-refractivity contribution in [1.29, 1.82) is 0 Å². The van der Waals surface area contributed by atoms with E-state index in [1.807, 2.05) is 48.5 Å². The summed E-state index contributed by atoms with van der Waals surface area (Å²) in [5, 5.41) is 12.4. The summed E-state index contributed by atoms with van der Waals surface area (Å²) in [6.45, 7) is 0. The van der Waals surface area contributed by atoms with E-state index >= 15 is 0 Å². The lowest BCUT2D eigenvalue weighted by Crippen LogP contribution is -2.14. The lowest BCUT2D eigenvalue weighted by atomic mass is 10.0. The van der Waals surface area contributed by atoms with Gasteiger partial charge in [0.05, 0.1) is 53.1 Å². The molecule has 3 N–H and O–H groups in total. The monoisotopic (exact) mass is 539 g/mol. The number of benzene rings is 2. The van der Waals surface area contributed by atoms with Crippen molar-refractivity contribution < 1.29 is 9.18 Å². The maximum atomic E-state index is 13.5. The number of H-pyrrole nitrogens is 2. The van der Waals surface area contributed by atoms with E-state index in [9.17, 15) is 9.18 Å². The second-order valence-electron chi connectivity index (χ2n) is 9.70. The molecule has 0 bridgehead atoms. The molecule has 8 nitrogen and oxygen atoms in total. The van der Waals surface area contributed by atoms with Crippen LogP contribution in [-0.2, 0) is 11.2 Å². The maximum absolute atomic E-state index is 13.5. The number of fused-ring (bicyclic) bond motifs is 2. The molecule has 7 rings (SSSR count). The summed E-state index contributed by atoms with van der Waals surface area (Å²) >= 11 is 0. The zero-order chi connectivity index (χ0) is 27.8. The molecule has 0 saturated carbocycles. The number of aromatic nitrogens is 6. The molecule has 5 heterocycles. The number of amides is 1. The van der Waals surface area contributed by atoms with Gasteiger partial charge >= 0.3 is 0 Å². The van der Waals surface area contributed by atoms with Gasteiger partial charge in [-0.05, 0) is 41.5 Å². The third-order valence-electron chi connectivity index (χ3n) is 6.93. The minimum absolute atomic E-state index is 0.121. The topological polar surface area (TPSA) is 112 Å². The third-order valence-corrected chi connectivity index (χ3v) is 6.93. The average Bonchev–Trinajstić information content (AvgIpc) is 3.62. The molecule has 198 valence electrons. The first-order valence-corrected chi connectivity index (χ1v) is 13.0. The van der Waals surface area contributed by atoms with Crippen molar-refractivity contribution in [3.63, 3.8) is 0 Å². The van der Waals surface area contributed by atoms with Crippen LogP contribution in [0.15, 0.2) is 104 Å². The number of halogens is 1. The molecule has 7 aromatic rings. The zero-order valence-electron chi connectivity index (χ0n) is 21.6. The van der Waals surface area contributed by atoms with E-state index in [1.165, 1.54) is 12.1 Å². The van der Waals surface area contributed by atoms with Gasteiger partial charge in [0.2, 0.25) is 5.91 Å². The molecule has 0 aliphatic rings. The fraction of sp³-hybridized carbons (Fsp3) is 0.0312. The fourth-order valence-corrected chi connectivity index (χ4v) is 4.95. The van der Waals surface area contributed by atoms with Gasteiger partial charge in [0.1, 0.15) is 11.5 Å². The maximum Gasteiger partial charge on any atom is 0.228 e. The normalized spacial score (nSPS) is 11.2. The molecule has 0 unspecified atom stereocenters. The quantitative estimate of drug-likeness (QED) is 0.222. The van der Waals surface area contributed by atoms with E-state index in [1.54, 1.807) is 43.1 Å². The molecule has 0 fully saturated rings. The zero-order valence-corrected chi connectivity index (χ0v) is 21.6. The number of rotatable bonds is 6. The van der Waals surface area contributed by atoms with Crippen LogP contribution in [0.2, 0.25) is 0 Å². The van der Waals surface area contributed by atoms with Gasteiger partial charge in [-0.2, -0.15) is 5.10 Å². The molecule has 1 amide bonds. The summed E-state index contributed by atoms with van der Waals surface area (Å²) < 4.78 is 13.5. The van der Waals surface area contributed by atoms with Gasteiger partial charge in [0.25, 0.3) is 0 Å². The van der Waals surface area contributed by atoms with Crippen molar-refractivity contribution in [1.82, 2.24) is 30.1 Å². The Kier molecular flexibility index (Phi) is 6.01. The molecule has 9 heteroatoms. The SMILES string of the molecule is O=C(Cc1ccccc1)Nc1cncc(-c2cc3c(-c4cc5c(-c6ccc(F)cc6)cncc5[nH]4)n[nH]c3cn2)c1. The second kappa shape index (κ2) is 10.1. The first kappa shape index (κ1) is 24.3. The van der Waals surface area contributed by atoms with Gasteiger partial charge in [-0.25, -0.2) is 4.39 Å². The summed E-state index contributed by atoms with van der Waals surface area (Å²) in [6.07, 6.45) is 8.87. The van der Waals surface area contributed by atoms with E-state index in [0.29, 0.717) is 11.4 Å². The predicted molar refractivity (Wildman–Crippen MR) is 156 cm³/mol. The lowest BCUT2D eigenvalue weighted by molar-refractivity contribution is -0.115. The minimum Gasteiger partial charge on any atom is -0.352 e. The lowest BCUT2D eigenvalue weighted by Gasteiger charge is -2.07. The van der Waals surface area contributed by atoms with Crippen LogP contribution in [0.4, 0.5) is 10.1 Å². The molecule has 0 aliphatic heterocycles. The minimum atomic E-state index is -0.286.